The molecule has 0 atom stereocenters. The number of fused-ring (bicyclic) bond motifs is 1. The number of rotatable bonds is 2. The molecule has 0 spiro atoms. The molecule has 0 bridgehead atoms. The normalized spacial score (nSPS) is 10.8. The zero-order chi connectivity index (χ0) is 13.2. The van der Waals surface area contributed by atoms with Crippen LogP contribution in [0, 0.1) is 0 Å². The predicted molar refractivity (Wildman–Crippen MR) is 81.7 cm³/mol. The molecule has 0 radical (unpaired) electrons. The average molecular weight is 287 g/mol. The molecule has 2 aromatic carbocycles. The van der Waals surface area contributed by atoms with Gasteiger partial charge in [0.05, 0.1) is 0 Å². The van der Waals surface area contributed by atoms with Crippen molar-refractivity contribution in [1.82, 2.24) is 4.98 Å². The van der Waals surface area contributed by atoms with Crippen LogP contribution in [0.1, 0.15) is 0 Å². The summed E-state index contributed by atoms with van der Waals surface area (Å²) in [4.78, 5) is 6.21. The Morgan fingerprint density at radius 2 is 1.79 bits per heavy atom. The first-order valence-electron chi connectivity index (χ1n) is 5.81. The molecule has 0 unspecified atom stereocenters. The van der Waals surface area contributed by atoms with Gasteiger partial charge in [-0.1, -0.05) is 47.6 Å². The zero-order valence-corrected chi connectivity index (χ0v) is 11.6. The van der Waals surface area contributed by atoms with E-state index in [9.17, 15) is 0 Å². The van der Waals surface area contributed by atoms with Crippen molar-refractivity contribution in [1.29, 1.82) is 0 Å². The Balaban J connectivity index is 2.09. The van der Waals surface area contributed by atoms with E-state index in [1.165, 1.54) is 0 Å². The largest absolute Gasteiger partial charge is 0.398 e. The Labute approximate surface area is 120 Å². The summed E-state index contributed by atoms with van der Waals surface area (Å²) in [5.74, 6) is 0. The summed E-state index contributed by atoms with van der Waals surface area (Å²) < 4.78 is 0. The highest BCUT2D eigenvalue weighted by Gasteiger charge is 2.05. The van der Waals surface area contributed by atoms with Gasteiger partial charge in [-0.3, -0.25) is 0 Å². The number of benzene rings is 2. The lowest BCUT2D eigenvalue weighted by atomic mass is 10.1. The van der Waals surface area contributed by atoms with Crippen LogP contribution in [0.25, 0.3) is 10.8 Å². The predicted octanol–water partition coefficient (Wildman–Crippen LogP) is 4.62. The minimum absolute atomic E-state index is 0.504. The first kappa shape index (κ1) is 12.3. The van der Waals surface area contributed by atoms with Gasteiger partial charge in [0.2, 0.25) is 0 Å². The van der Waals surface area contributed by atoms with Crippen molar-refractivity contribution in [2.75, 3.05) is 5.73 Å². The van der Waals surface area contributed by atoms with Crippen LogP contribution in [0.5, 0.6) is 0 Å². The molecule has 0 saturated carbocycles. The second-order valence-corrected chi connectivity index (χ2v) is 5.62. The van der Waals surface area contributed by atoms with Crippen molar-refractivity contribution in [2.45, 2.75) is 9.79 Å². The molecule has 0 fully saturated rings. The van der Waals surface area contributed by atoms with Gasteiger partial charge >= 0.3 is 0 Å². The summed E-state index contributed by atoms with van der Waals surface area (Å²) >= 11 is 7.57. The molecule has 1 aromatic heterocycles. The van der Waals surface area contributed by atoms with Gasteiger partial charge in [0.1, 0.15) is 5.15 Å². The first-order chi connectivity index (χ1) is 9.24. The lowest BCUT2D eigenvalue weighted by molar-refractivity contribution is 1.26. The van der Waals surface area contributed by atoms with E-state index < -0.39 is 0 Å². The second kappa shape index (κ2) is 5.11. The quantitative estimate of drug-likeness (QED) is 0.552. The molecule has 0 saturated heterocycles. The number of aromatic nitrogens is 1. The Kier molecular flexibility index (Phi) is 3.32. The van der Waals surface area contributed by atoms with Gasteiger partial charge < -0.3 is 5.73 Å². The first-order valence-corrected chi connectivity index (χ1v) is 7.00. The molecule has 0 aliphatic rings. The molecule has 3 rings (SSSR count). The summed E-state index contributed by atoms with van der Waals surface area (Å²) in [5.41, 5.74) is 6.80. The summed E-state index contributed by atoms with van der Waals surface area (Å²) in [6.07, 6.45) is 1.71. The lowest BCUT2D eigenvalue weighted by Gasteiger charge is -2.08. The fourth-order valence-electron chi connectivity index (χ4n) is 1.96. The SMILES string of the molecule is Nc1ccc(Sc2ccnc(Cl)c2)c2ccccc12. The maximum Gasteiger partial charge on any atom is 0.130 e. The Morgan fingerprint density at radius 3 is 2.58 bits per heavy atom. The van der Waals surface area contributed by atoms with Gasteiger partial charge in [0, 0.05) is 27.1 Å². The fraction of sp³-hybridized carbons (Fsp3) is 0. The molecule has 0 amide bonds. The molecular formula is C15H11ClN2S. The Bertz CT molecular complexity index is 743. The summed E-state index contributed by atoms with van der Waals surface area (Å²) in [6.45, 7) is 0. The van der Waals surface area contributed by atoms with Crippen LogP contribution in [0.2, 0.25) is 5.15 Å². The van der Waals surface area contributed by atoms with Gasteiger partial charge in [-0.25, -0.2) is 4.98 Å². The Morgan fingerprint density at radius 1 is 1.00 bits per heavy atom. The number of nitrogen functional groups attached to an aromatic ring is 1. The Hall–Kier alpha value is -1.71. The molecule has 0 aliphatic carbocycles. The summed E-state index contributed by atoms with van der Waals surface area (Å²) in [7, 11) is 0. The van der Waals surface area contributed by atoms with Crippen LogP contribution in [0.4, 0.5) is 5.69 Å². The van der Waals surface area contributed by atoms with E-state index in [2.05, 4.69) is 11.1 Å². The van der Waals surface area contributed by atoms with E-state index in [0.717, 1.165) is 26.3 Å². The van der Waals surface area contributed by atoms with Crippen LogP contribution in [-0.2, 0) is 0 Å². The van der Waals surface area contributed by atoms with E-state index in [1.54, 1.807) is 18.0 Å². The minimum Gasteiger partial charge on any atom is -0.398 e. The third-order valence-electron chi connectivity index (χ3n) is 2.84. The topological polar surface area (TPSA) is 38.9 Å². The molecular weight excluding hydrogens is 276 g/mol. The summed E-state index contributed by atoms with van der Waals surface area (Å²) in [6, 6.07) is 15.9. The molecule has 2 N–H and O–H groups in total. The van der Waals surface area contributed by atoms with Crippen LogP contribution < -0.4 is 5.73 Å². The van der Waals surface area contributed by atoms with Crippen LogP contribution in [0.3, 0.4) is 0 Å². The highest BCUT2D eigenvalue weighted by atomic mass is 35.5. The number of pyridine rings is 1. The zero-order valence-electron chi connectivity index (χ0n) is 10.0. The van der Waals surface area contributed by atoms with Crippen molar-refractivity contribution in [2.24, 2.45) is 0 Å². The maximum atomic E-state index is 6.00. The molecule has 0 aliphatic heterocycles. The third kappa shape index (κ3) is 2.53. The van der Waals surface area contributed by atoms with E-state index >= 15 is 0 Å². The number of hydrogen-bond acceptors (Lipinski definition) is 3. The van der Waals surface area contributed by atoms with Crippen molar-refractivity contribution < 1.29 is 0 Å². The number of halogens is 1. The van der Waals surface area contributed by atoms with E-state index in [-0.39, 0.29) is 0 Å². The number of nitrogens with zero attached hydrogens (tertiary/aromatic N) is 1. The standard InChI is InChI=1S/C15H11ClN2S/c16-15-9-10(7-8-18-15)19-14-6-5-13(17)11-3-1-2-4-12(11)14/h1-9H,17H2. The van der Waals surface area contributed by atoms with Crippen molar-refractivity contribution in [3.8, 4) is 0 Å². The molecule has 4 heteroatoms. The summed E-state index contributed by atoms with van der Waals surface area (Å²) in [5, 5.41) is 2.73. The fourth-order valence-corrected chi connectivity index (χ4v) is 3.17. The molecule has 1 heterocycles. The molecule has 94 valence electrons. The van der Waals surface area contributed by atoms with Gasteiger partial charge in [-0.15, -0.1) is 0 Å². The number of anilines is 1. The van der Waals surface area contributed by atoms with Gasteiger partial charge in [-0.05, 0) is 29.7 Å². The van der Waals surface area contributed by atoms with Crippen LogP contribution in [-0.4, -0.2) is 4.98 Å². The van der Waals surface area contributed by atoms with Crippen molar-refractivity contribution in [3.05, 3.63) is 59.9 Å². The molecule has 19 heavy (non-hydrogen) atoms. The van der Waals surface area contributed by atoms with Crippen LogP contribution >= 0.6 is 23.4 Å². The third-order valence-corrected chi connectivity index (χ3v) is 4.12. The number of hydrogen-bond donors (Lipinski definition) is 1. The van der Waals surface area contributed by atoms with Crippen LogP contribution in [0.15, 0.2) is 64.5 Å². The van der Waals surface area contributed by atoms with E-state index in [1.807, 2.05) is 42.5 Å². The average Bonchev–Trinajstić information content (AvgIpc) is 2.42. The van der Waals surface area contributed by atoms with Crippen molar-refractivity contribution in [3.63, 3.8) is 0 Å². The second-order valence-electron chi connectivity index (χ2n) is 4.11. The smallest absolute Gasteiger partial charge is 0.130 e. The van der Waals surface area contributed by atoms with E-state index in [0.29, 0.717) is 5.15 Å². The molecule has 2 nitrogen and oxygen atoms in total. The van der Waals surface area contributed by atoms with Gasteiger partial charge in [0.25, 0.3) is 0 Å². The minimum atomic E-state index is 0.504. The monoisotopic (exact) mass is 286 g/mol. The maximum absolute atomic E-state index is 6.00. The van der Waals surface area contributed by atoms with Gasteiger partial charge in [0.15, 0.2) is 0 Å². The molecule has 3 aromatic rings. The van der Waals surface area contributed by atoms with Crippen molar-refractivity contribution >= 4 is 39.8 Å². The lowest BCUT2D eigenvalue weighted by Crippen LogP contribution is -1.88. The number of nitrogens with two attached hydrogens (primary N) is 1. The highest BCUT2D eigenvalue weighted by Crippen LogP contribution is 2.35. The highest BCUT2D eigenvalue weighted by molar-refractivity contribution is 7.99. The van der Waals surface area contributed by atoms with Gasteiger partial charge in [-0.2, -0.15) is 0 Å². The van der Waals surface area contributed by atoms with E-state index in [4.69, 9.17) is 17.3 Å².